The van der Waals surface area contributed by atoms with E-state index < -0.39 is 6.85 Å². The van der Waals surface area contributed by atoms with Crippen LogP contribution in [0.3, 0.4) is 0 Å². The molecule has 304 valence electrons. The molecule has 4 aromatic heterocycles. The molecule has 0 aliphatic carbocycles. The highest BCUT2D eigenvalue weighted by Gasteiger charge is 2.33. The zero-order chi connectivity index (χ0) is 43.2. The number of hydrogen-bond acceptors (Lipinski definition) is 5. The van der Waals surface area contributed by atoms with Gasteiger partial charge in [-0.15, -0.1) is 0 Å². The summed E-state index contributed by atoms with van der Waals surface area (Å²) in [6.45, 7) is 18.3. The van der Waals surface area contributed by atoms with Gasteiger partial charge < -0.3 is 18.5 Å². The van der Waals surface area contributed by atoms with E-state index in [1.165, 1.54) is 0 Å². The first-order valence-corrected chi connectivity index (χ1v) is 21.0. The van der Waals surface area contributed by atoms with E-state index in [4.69, 9.17) is 26.0 Å². The van der Waals surface area contributed by atoms with Crippen molar-refractivity contribution in [1.82, 2.24) is 19.0 Å². The molecule has 0 bridgehead atoms. The molecule has 4 aromatic carbocycles. The lowest BCUT2D eigenvalue weighted by molar-refractivity contribution is 0.271. The van der Waals surface area contributed by atoms with E-state index in [1.54, 1.807) is 12.4 Å². The lowest BCUT2D eigenvalue weighted by Gasteiger charge is -2.22. The number of pyridine rings is 2. The van der Waals surface area contributed by atoms with Crippen LogP contribution >= 0.6 is 0 Å². The molecule has 0 saturated heterocycles. The lowest BCUT2D eigenvalue weighted by atomic mass is 9.50. The van der Waals surface area contributed by atoms with Gasteiger partial charge in [0.25, 0.3) is 0 Å². The summed E-state index contributed by atoms with van der Waals surface area (Å²) in [7, 11) is 2.00. The number of fused-ring (bicyclic) bond motifs is 1. The average Bonchev–Trinajstić information content (AvgIpc) is 3.77. The first-order chi connectivity index (χ1) is 30.3. The maximum Gasteiger partial charge on any atom is 0.327 e. The first kappa shape index (κ1) is 41.1. The van der Waals surface area contributed by atoms with Crippen molar-refractivity contribution in [2.75, 3.05) is 13.2 Å². The summed E-state index contributed by atoms with van der Waals surface area (Å²) in [6, 6.07) is 50.9. The van der Waals surface area contributed by atoms with E-state index in [-0.39, 0.29) is 0 Å². The van der Waals surface area contributed by atoms with Crippen LogP contribution in [0, 0.1) is 29.7 Å². The fourth-order valence-corrected chi connectivity index (χ4v) is 8.08. The Balaban J connectivity index is 1.66. The number of aromatic nitrogens is 4. The fraction of sp³-hybridized carbons (Fsp3) is 0.170. The van der Waals surface area contributed by atoms with E-state index in [9.17, 15) is 5.26 Å². The van der Waals surface area contributed by atoms with Crippen molar-refractivity contribution in [3.8, 4) is 40.1 Å². The van der Waals surface area contributed by atoms with Gasteiger partial charge in [-0.05, 0) is 95.8 Å². The molecule has 8 aromatic rings. The maximum absolute atomic E-state index is 11.3. The Morgan fingerprint density at radius 2 is 1.10 bits per heavy atom. The average molecular weight is 811 g/mol. The summed E-state index contributed by atoms with van der Waals surface area (Å²) >= 11 is 0. The van der Waals surface area contributed by atoms with Gasteiger partial charge in [0.2, 0.25) is 5.70 Å². The van der Waals surface area contributed by atoms with Gasteiger partial charge in [0.15, 0.2) is 0 Å². The topological polar surface area (TPSA) is 82.2 Å². The van der Waals surface area contributed by atoms with Gasteiger partial charge in [-0.25, -0.2) is 4.85 Å². The van der Waals surface area contributed by atoms with Crippen LogP contribution in [0.25, 0.3) is 49.4 Å². The van der Waals surface area contributed by atoms with E-state index in [1.807, 2.05) is 79.8 Å². The van der Waals surface area contributed by atoms with Crippen LogP contribution in [0.5, 0.6) is 11.5 Å². The van der Waals surface area contributed by atoms with Crippen molar-refractivity contribution in [1.29, 1.82) is 5.26 Å². The molecule has 0 atom stereocenters. The van der Waals surface area contributed by atoms with Gasteiger partial charge >= 0.3 is 6.85 Å². The second kappa shape index (κ2) is 18.3. The molecule has 0 amide bonds. The number of benzene rings is 4. The molecule has 4 heterocycles. The van der Waals surface area contributed by atoms with E-state index >= 15 is 0 Å². The number of rotatable bonds is 13. The molecule has 0 unspecified atom stereocenters. The molecule has 0 radical (unpaired) electrons. The Kier molecular flexibility index (Phi) is 12.2. The summed E-state index contributed by atoms with van der Waals surface area (Å²) in [5.74, 6) is 2.24. The summed E-state index contributed by atoms with van der Waals surface area (Å²) in [5.41, 5.74) is 7.34. The van der Waals surface area contributed by atoms with E-state index in [0.717, 1.165) is 55.7 Å². The minimum Gasteiger partial charge on any atom is -0.493 e. The second-order valence-corrected chi connectivity index (χ2v) is 16.1. The highest BCUT2D eigenvalue weighted by atomic mass is 16.5. The van der Waals surface area contributed by atoms with Gasteiger partial charge in [-0.3, -0.25) is 9.97 Å². The molecular formula is C53H47BN6O2. The Hall–Kier alpha value is -7.62. The third-order valence-corrected chi connectivity index (χ3v) is 10.8. The maximum atomic E-state index is 11.3. The van der Waals surface area contributed by atoms with Gasteiger partial charge in [0.1, 0.15) is 23.1 Å². The van der Waals surface area contributed by atoms with Crippen LogP contribution in [0.15, 0.2) is 158 Å². The Morgan fingerprint density at radius 3 is 1.55 bits per heavy atom. The van der Waals surface area contributed by atoms with Gasteiger partial charge in [-0.1, -0.05) is 111 Å². The monoisotopic (exact) mass is 810 g/mol. The van der Waals surface area contributed by atoms with E-state index in [0.29, 0.717) is 58.4 Å². The molecule has 9 heteroatoms. The zero-order valence-corrected chi connectivity index (χ0v) is 35.7. The van der Waals surface area contributed by atoms with Crippen molar-refractivity contribution in [2.24, 2.45) is 18.9 Å². The highest BCUT2D eigenvalue weighted by Crippen LogP contribution is 2.36. The van der Waals surface area contributed by atoms with Crippen LogP contribution in [0.1, 0.15) is 39.1 Å². The fourth-order valence-electron chi connectivity index (χ4n) is 8.08. The van der Waals surface area contributed by atoms with Gasteiger partial charge in [0, 0.05) is 41.3 Å². The lowest BCUT2D eigenvalue weighted by Crippen LogP contribution is -2.53. The first-order valence-electron chi connectivity index (χ1n) is 21.0. The van der Waals surface area contributed by atoms with Gasteiger partial charge in [0.05, 0.1) is 42.2 Å². The molecule has 62 heavy (non-hydrogen) atoms. The number of hydrogen-bond donors (Lipinski definition) is 0. The quantitative estimate of drug-likeness (QED) is 0.0861. The summed E-state index contributed by atoms with van der Waals surface area (Å²) in [4.78, 5) is 13.9. The molecule has 0 aliphatic heterocycles. The third-order valence-electron chi connectivity index (χ3n) is 10.8. The molecule has 0 N–H and O–H groups in total. The van der Waals surface area contributed by atoms with Crippen molar-refractivity contribution >= 4 is 39.8 Å². The van der Waals surface area contributed by atoms with Crippen LogP contribution in [-0.4, -0.2) is 39.1 Å². The number of nitrogens with zero attached hydrogens (tertiary/aromatic N) is 6. The van der Waals surface area contributed by atoms with Crippen molar-refractivity contribution in [2.45, 2.75) is 27.7 Å². The van der Waals surface area contributed by atoms with Crippen molar-refractivity contribution in [3.05, 3.63) is 191 Å². The standard InChI is InChI=1S/C53H47BN6O2/c1-36(2)34-61-42-27-23-38(24-28-42)50-47-48(52(59(50)6)44(33-55)45-21-13-15-31-57-45)51(39-25-29-43(30-26-39)62-35-37(3)4)60(53(47)49(56-5)46-22-14-16-32-58-46)54(40-17-9-7-10-18-40)41-19-11-8-12-20-41/h7-32,36-37H,34-35H2,1-4,6H3/b52-44-,53-49+. The molecule has 8 nitrogen and oxygen atoms in total. The highest BCUT2D eigenvalue weighted by molar-refractivity contribution is 6.84. The summed E-state index contributed by atoms with van der Waals surface area (Å²) in [6.07, 6.45) is 3.44. The minimum absolute atomic E-state index is 0.355. The zero-order valence-electron chi connectivity index (χ0n) is 35.7. The normalized spacial score (nSPS) is 12.2. The van der Waals surface area contributed by atoms with Crippen LogP contribution in [0.4, 0.5) is 0 Å². The predicted octanol–water partition coefficient (Wildman–Crippen LogP) is 8.63. The van der Waals surface area contributed by atoms with Crippen LogP contribution < -0.4 is 31.1 Å². The summed E-state index contributed by atoms with van der Waals surface area (Å²) in [5, 5.41) is 14.2. The smallest absolute Gasteiger partial charge is 0.327 e. The van der Waals surface area contributed by atoms with Crippen molar-refractivity contribution < 1.29 is 9.47 Å². The SMILES string of the molecule is [C-]#[N+]/C(c1ccccn1)=c1\c2c(-c3ccc(OCC(C)C)cc3)n(C)/c(=C(/C#N)c3ccccn3)c2c(-c2ccc(OCC(C)C)cc2)n1B(c1ccccc1)c1ccccc1. The van der Waals surface area contributed by atoms with Crippen LogP contribution in [-0.2, 0) is 7.05 Å². The van der Waals surface area contributed by atoms with Crippen molar-refractivity contribution in [3.63, 3.8) is 0 Å². The van der Waals surface area contributed by atoms with Gasteiger partial charge in [-0.2, -0.15) is 5.26 Å². The molecular weight excluding hydrogens is 763 g/mol. The second-order valence-electron chi connectivity index (χ2n) is 16.1. The number of ether oxygens (including phenoxy) is 2. The Bertz CT molecular complexity index is 2980. The predicted molar refractivity (Wildman–Crippen MR) is 251 cm³/mol. The Morgan fingerprint density at radius 1 is 0.629 bits per heavy atom. The largest absolute Gasteiger partial charge is 0.493 e. The number of nitriles is 1. The molecule has 0 fully saturated rings. The molecule has 0 saturated carbocycles. The molecule has 8 rings (SSSR count). The summed E-state index contributed by atoms with van der Waals surface area (Å²) < 4.78 is 16.8. The molecule has 0 spiro atoms. The molecule has 0 aliphatic rings. The minimum atomic E-state index is -0.426. The van der Waals surface area contributed by atoms with E-state index in [2.05, 4.69) is 120 Å². The van der Waals surface area contributed by atoms with Crippen LogP contribution in [0.2, 0.25) is 0 Å². The Labute approximate surface area is 363 Å². The third kappa shape index (κ3) is 8.14.